The summed E-state index contributed by atoms with van der Waals surface area (Å²) in [6.07, 6.45) is 3.82. The maximum absolute atomic E-state index is 13.1. The second-order valence-corrected chi connectivity index (χ2v) is 5.18. The van der Waals surface area contributed by atoms with Crippen molar-refractivity contribution in [2.45, 2.75) is 46.0 Å². The maximum Gasteiger partial charge on any atom is 0.137 e. The molecule has 0 amide bonds. The zero-order valence-corrected chi connectivity index (χ0v) is 11.9. The van der Waals surface area contributed by atoms with E-state index in [9.17, 15) is 9.18 Å². The number of carbonyl (C=O) groups is 1. The lowest BCUT2D eigenvalue weighted by molar-refractivity contribution is -0.118. The highest BCUT2D eigenvalue weighted by Crippen LogP contribution is 2.17. The molecule has 1 unspecified atom stereocenters. The van der Waals surface area contributed by atoms with Crippen LogP contribution >= 0.6 is 0 Å². The molecule has 1 aromatic carbocycles. The smallest absolute Gasteiger partial charge is 0.137 e. The van der Waals surface area contributed by atoms with Crippen LogP contribution in [0.25, 0.3) is 0 Å². The van der Waals surface area contributed by atoms with Crippen LogP contribution in [0.2, 0.25) is 0 Å². The van der Waals surface area contributed by atoms with Crippen LogP contribution in [-0.2, 0) is 11.2 Å². The Morgan fingerprint density at radius 3 is 2.74 bits per heavy atom. The first kappa shape index (κ1) is 15.8. The fraction of sp³-hybridized carbons (Fsp3) is 0.562. The molecule has 3 heteroatoms. The number of aryl methyl sites for hydroxylation is 1. The molecule has 0 aliphatic rings. The van der Waals surface area contributed by atoms with Gasteiger partial charge in [0.1, 0.15) is 11.6 Å². The van der Waals surface area contributed by atoms with E-state index in [1.807, 2.05) is 6.92 Å². The molecule has 0 heterocycles. The number of hydrogen-bond donors (Lipinski definition) is 1. The van der Waals surface area contributed by atoms with E-state index < -0.39 is 0 Å². The van der Waals surface area contributed by atoms with E-state index >= 15 is 0 Å². The average Bonchev–Trinajstić information content (AvgIpc) is 2.39. The monoisotopic (exact) mass is 265 g/mol. The lowest BCUT2D eigenvalue weighted by Crippen LogP contribution is -2.11. The molecule has 0 saturated carbocycles. The zero-order chi connectivity index (χ0) is 14.3. The van der Waals surface area contributed by atoms with Gasteiger partial charge in [0.25, 0.3) is 0 Å². The molecule has 1 atom stereocenters. The van der Waals surface area contributed by atoms with Gasteiger partial charge in [0.05, 0.1) is 0 Å². The molecule has 0 bridgehead atoms. The fourth-order valence-corrected chi connectivity index (χ4v) is 2.28. The van der Waals surface area contributed by atoms with E-state index in [0.29, 0.717) is 25.3 Å². The van der Waals surface area contributed by atoms with Crippen molar-refractivity contribution >= 4 is 5.78 Å². The lowest BCUT2D eigenvalue weighted by Gasteiger charge is -2.13. The van der Waals surface area contributed by atoms with E-state index in [4.69, 9.17) is 5.73 Å². The van der Waals surface area contributed by atoms with Gasteiger partial charge in [-0.3, -0.25) is 4.79 Å². The predicted molar refractivity (Wildman–Crippen MR) is 76.5 cm³/mol. The molecule has 106 valence electrons. The summed E-state index contributed by atoms with van der Waals surface area (Å²) in [5.74, 6) is 0.440. The van der Waals surface area contributed by atoms with Crippen LogP contribution in [0, 0.1) is 18.7 Å². The summed E-state index contributed by atoms with van der Waals surface area (Å²) in [6, 6.07) is 4.61. The second kappa shape index (κ2) is 8.05. The summed E-state index contributed by atoms with van der Waals surface area (Å²) in [7, 11) is 0. The van der Waals surface area contributed by atoms with Crippen LogP contribution in [0.15, 0.2) is 18.2 Å². The minimum Gasteiger partial charge on any atom is -0.330 e. The van der Waals surface area contributed by atoms with Crippen LogP contribution in [0.5, 0.6) is 0 Å². The molecule has 19 heavy (non-hydrogen) atoms. The number of Topliss-reactive ketones (excluding diaryl/α,β-unsaturated/α-hetero) is 1. The van der Waals surface area contributed by atoms with Crippen molar-refractivity contribution in [1.82, 2.24) is 0 Å². The average molecular weight is 265 g/mol. The normalized spacial score (nSPS) is 12.4. The fourth-order valence-electron chi connectivity index (χ4n) is 2.28. The van der Waals surface area contributed by atoms with Gasteiger partial charge in [-0.2, -0.15) is 0 Å². The van der Waals surface area contributed by atoms with Gasteiger partial charge in [-0.25, -0.2) is 4.39 Å². The molecular formula is C16H24FNO. The van der Waals surface area contributed by atoms with Gasteiger partial charge < -0.3 is 5.73 Å². The molecular weight excluding hydrogens is 241 g/mol. The molecule has 0 radical (unpaired) electrons. The van der Waals surface area contributed by atoms with Crippen molar-refractivity contribution in [3.63, 3.8) is 0 Å². The topological polar surface area (TPSA) is 43.1 Å². The molecule has 0 spiro atoms. The molecule has 2 nitrogen and oxygen atoms in total. The Labute approximate surface area is 115 Å². The molecule has 1 aromatic rings. The van der Waals surface area contributed by atoms with Crippen LogP contribution in [0.3, 0.4) is 0 Å². The van der Waals surface area contributed by atoms with E-state index in [1.54, 1.807) is 6.07 Å². The number of hydrogen-bond acceptors (Lipinski definition) is 2. The Bertz CT molecular complexity index is 417. The minimum absolute atomic E-state index is 0.184. The highest BCUT2D eigenvalue weighted by molar-refractivity contribution is 5.81. The summed E-state index contributed by atoms with van der Waals surface area (Å²) >= 11 is 0. The number of benzene rings is 1. The summed E-state index contributed by atoms with van der Waals surface area (Å²) in [6.45, 7) is 4.71. The summed E-state index contributed by atoms with van der Waals surface area (Å²) < 4.78 is 13.1. The van der Waals surface area contributed by atoms with Crippen molar-refractivity contribution in [2.75, 3.05) is 6.54 Å². The lowest BCUT2D eigenvalue weighted by atomic mass is 9.93. The Kier molecular flexibility index (Phi) is 6.71. The van der Waals surface area contributed by atoms with Crippen LogP contribution in [0.4, 0.5) is 4.39 Å². The van der Waals surface area contributed by atoms with Gasteiger partial charge >= 0.3 is 0 Å². The molecule has 0 saturated heterocycles. The van der Waals surface area contributed by atoms with Gasteiger partial charge in [0.15, 0.2) is 0 Å². The first-order valence-corrected chi connectivity index (χ1v) is 7.03. The second-order valence-electron chi connectivity index (χ2n) is 5.18. The largest absolute Gasteiger partial charge is 0.330 e. The van der Waals surface area contributed by atoms with E-state index in [2.05, 4.69) is 6.92 Å². The van der Waals surface area contributed by atoms with Gasteiger partial charge in [0, 0.05) is 12.8 Å². The van der Waals surface area contributed by atoms with Crippen molar-refractivity contribution in [3.05, 3.63) is 35.1 Å². The van der Waals surface area contributed by atoms with E-state index in [0.717, 1.165) is 30.4 Å². The van der Waals surface area contributed by atoms with Gasteiger partial charge in [-0.15, -0.1) is 0 Å². The molecule has 2 N–H and O–H groups in total. The number of rotatable bonds is 8. The van der Waals surface area contributed by atoms with Gasteiger partial charge in [0.2, 0.25) is 0 Å². The number of ketones is 1. The highest BCUT2D eigenvalue weighted by atomic mass is 19.1. The maximum atomic E-state index is 13.1. The van der Waals surface area contributed by atoms with E-state index in [-0.39, 0.29) is 11.6 Å². The standard InChI is InChI=1S/C16H24FNO/c1-3-13(8-9-18)5-7-16(19)11-14-10-15(17)6-4-12(14)2/h4,6,10,13H,3,5,7-9,11,18H2,1-2H3. The third-order valence-electron chi connectivity index (χ3n) is 3.68. The first-order chi connectivity index (χ1) is 9.06. The Hall–Kier alpha value is -1.22. The number of carbonyl (C=O) groups excluding carboxylic acids is 1. The summed E-state index contributed by atoms with van der Waals surface area (Å²) in [4.78, 5) is 11.9. The number of nitrogens with two attached hydrogens (primary N) is 1. The first-order valence-electron chi connectivity index (χ1n) is 7.03. The Morgan fingerprint density at radius 1 is 1.37 bits per heavy atom. The third-order valence-corrected chi connectivity index (χ3v) is 3.68. The Morgan fingerprint density at radius 2 is 2.11 bits per heavy atom. The minimum atomic E-state index is -0.275. The SMILES string of the molecule is CCC(CCN)CCC(=O)Cc1cc(F)ccc1C. The molecule has 0 aromatic heterocycles. The molecule has 1 rings (SSSR count). The Balaban J connectivity index is 2.48. The number of halogens is 1. The van der Waals surface area contributed by atoms with Crippen LogP contribution in [-0.4, -0.2) is 12.3 Å². The predicted octanol–water partition coefficient (Wildman–Crippen LogP) is 3.40. The highest BCUT2D eigenvalue weighted by Gasteiger charge is 2.11. The molecule has 0 aliphatic heterocycles. The molecule has 0 aliphatic carbocycles. The third kappa shape index (κ3) is 5.52. The van der Waals surface area contributed by atoms with Crippen LogP contribution in [0.1, 0.15) is 43.7 Å². The summed E-state index contributed by atoms with van der Waals surface area (Å²) in [5, 5.41) is 0. The quantitative estimate of drug-likeness (QED) is 0.782. The van der Waals surface area contributed by atoms with Gasteiger partial charge in [-0.05, 0) is 55.5 Å². The molecule has 0 fully saturated rings. The van der Waals surface area contributed by atoms with Crippen LogP contribution < -0.4 is 5.73 Å². The van der Waals surface area contributed by atoms with Crippen molar-refractivity contribution in [3.8, 4) is 0 Å². The van der Waals surface area contributed by atoms with Crippen molar-refractivity contribution in [2.24, 2.45) is 11.7 Å². The van der Waals surface area contributed by atoms with Gasteiger partial charge in [-0.1, -0.05) is 19.4 Å². The zero-order valence-electron chi connectivity index (χ0n) is 11.9. The van der Waals surface area contributed by atoms with Crippen molar-refractivity contribution in [1.29, 1.82) is 0 Å². The summed E-state index contributed by atoms with van der Waals surface area (Å²) in [5.41, 5.74) is 7.32. The van der Waals surface area contributed by atoms with E-state index in [1.165, 1.54) is 12.1 Å². The van der Waals surface area contributed by atoms with Crippen molar-refractivity contribution < 1.29 is 9.18 Å².